The van der Waals surface area contributed by atoms with Crippen molar-refractivity contribution >= 4 is 0 Å². The molecule has 0 bridgehead atoms. The molecule has 1 aromatic heterocycles. The van der Waals surface area contributed by atoms with Crippen molar-refractivity contribution < 1.29 is 33.6 Å². The molecule has 0 unspecified atom stereocenters. The van der Waals surface area contributed by atoms with Crippen LogP contribution in [0.1, 0.15) is 5.56 Å². The number of rotatable bonds is 2. The first-order valence-corrected chi connectivity index (χ1v) is 6.15. The predicted octanol–water partition coefficient (Wildman–Crippen LogP) is -3.34. The van der Waals surface area contributed by atoms with Gasteiger partial charge < -0.3 is 0 Å². The minimum absolute atomic E-state index is 0.835. The quantitative estimate of drug-likeness (QED) is 0.530. The Balaban J connectivity index is 0.000000280. The molecule has 0 spiro atoms. The number of benzene rings is 1. The summed E-state index contributed by atoms with van der Waals surface area (Å²) in [7, 11) is -4.94. The largest absolute Gasteiger partial charge is 0.222 e. The van der Waals surface area contributed by atoms with E-state index in [1.54, 1.807) is 6.20 Å². The maximum atomic E-state index is 8.49. The van der Waals surface area contributed by atoms with E-state index in [0.717, 1.165) is 6.54 Å². The van der Waals surface area contributed by atoms with Crippen molar-refractivity contribution in [2.75, 3.05) is 0 Å². The topological polar surface area (TPSA) is 109 Å². The average Bonchev–Trinajstić information content (AvgIpc) is 2.29. The van der Waals surface area contributed by atoms with Crippen LogP contribution >= 0.6 is 0 Å². The molecule has 0 aliphatic carbocycles. The summed E-state index contributed by atoms with van der Waals surface area (Å²) >= 11 is 0. The Kier molecular flexibility index (Phi) is 5.63. The molecule has 0 radical (unpaired) electrons. The monoisotopic (exact) mass is 270 g/mol. The summed E-state index contributed by atoms with van der Waals surface area (Å²) in [5, 5.41) is 4.19. The summed E-state index contributed by atoms with van der Waals surface area (Å²) in [6.07, 6.45) is 3.76. The lowest BCUT2D eigenvalue weighted by Gasteiger charge is -2.17. The second-order valence-corrected chi connectivity index (χ2v) is 4.02. The molecule has 0 saturated carbocycles. The van der Waals surface area contributed by atoms with Crippen LogP contribution in [-0.2, 0) is 6.54 Å². The van der Waals surface area contributed by atoms with Crippen molar-refractivity contribution in [1.82, 2.24) is 5.10 Å². The smallest absolute Gasteiger partial charge is 0.199 e. The van der Waals surface area contributed by atoms with Gasteiger partial charge in [-0.2, -0.15) is 0 Å². The molecule has 2 rings (SSSR count). The van der Waals surface area contributed by atoms with Gasteiger partial charge in [-0.1, -0.05) is 35.0 Å². The highest BCUT2D eigenvalue weighted by Gasteiger charge is 2.00. The summed E-state index contributed by atoms with van der Waals surface area (Å²) < 4.78 is 35.9. The summed E-state index contributed by atoms with van der Waals surface area (Å²) in [5.41, 5.74) is 1.27. The standard InChI is InChI=1S/C11H11N2.ClHO4/c1-2-6-11(7-3-1)10-13-9-5-4-8-12-13;2-1(3,4)5/h1-9H,10H2;(H,2,3,4,5)/q+1;/p-1. The van der Waals surface area contributed by atoms with Gasteiger partial charge in [0.2, 0.25) is 0 Å². The SMILES string of the molecule is [O-][Cl+3]([O-])([O-])[O-].c1ccc(C[n+]2ccccn2)cc1. The Hall–Kier alpha value is -1.57. The van der Waals surface area contributed by atoms with E-state index in [-0.39, 0.29) is 0 Å². The molecule has 0 atom stereocenters. The normalized spacial score (nSPS) is 10.4. The molecule has 0 aliphatic heterocycles. The Morgan fingerprint density at radius 2 is 1.56 bits per heavy atom. The van der Waals surface area contributed by atoms with E-state index >= 15 is 0 Å². The molecular formula is C11H11ClN2O4. The number of aromatic nitrogens is 2. The lowest BCUT2D eigenvalue weighted by molar-refractivity contribution is -2.00. The predicted molar refractivity (Wildman–Crippen MR) is 50.0 cm³/mol. The fourth-order valence-corrected chi connectivity index (χ4v) is 1.23. The maximum Gasteiger partial charge on any atom is 0.199 e. The van der Waals surface area contributed by atoms with Gasteiger partial charge in [0.05, 0.1) is 6.20 Å². The van der Waals surface area contributed by atoms with Gasteiger partial charge in [-0.05, 0) is 11.2 Å². The van der Waals surface area contributed by atoms with Crippen LogP contribution in [0.15, 0.2) is 54.9 Å². The van der Waals surface area contributed by atoms with E-state index in [0.29, 0.717) is 0 Å². The minimum atomic E-state index is -4.94. The highest BCUT2D eigenvalue weighted by Crippen LogP contribution is 1.96. The van der Waals surface area contributed by atoms with Crippen LogP contribution in [0.2, 0.25) is 0 Å². The van der Waals surface area contributed by atoms with E-state index < -0.39 is 10.2 Å². The molecule has 96 valence electrons. The van der Waals surface area contributed by atoms with E-state index in [2.05, 4.69) is 17.2 Å². The molecule has 0 aliphatic rings. The fourth-order valence-electron chi connectivity index (χ4n) is 1.23. The molecule has 1 aromatic carbocycles. The van der Waals surface area contributed by atoms with Gasteiger partial charge >= 0.3 is 0 Å². The average molecular weight is 271 g/mol. The highest BCUT2D eigenvalue weighted by molar-refractivity contribution is 5.13. The summed E-state index contributed by atoms with van der Waals surface area (Å²) in [6, 6.07) is 14.2. The Labute approximate surface area is 106 Å². The van der Waals surface area contributed by atoms with Gasteiger partial charge in [0.15, 0.2) is 12.7 Å². The first-order chi connectivity index (χ1) is 8.45. The molecular weight excluding hydrogens is 260 g/mol. The number of hydrogen-bond acceptors (Lipinski definition) is 5. The number of hydrogen-bond donors (Lipinski definition) is 0. The zero-order chi connectivity index (χ0) is 13.4. The molecule has 2 aromatic rings. The molecule has 0 N–H and O–H groups in total. The minimum Gasteiger partial charge on any atom is -0.222 e. The summed E-state index contributed by atoms with van der Waals surface area (Å²) in [5.74, 6) is 0. The van der Waals surface area contributed by atoms with E-state index in [9.17, 15) is 0 Å². The Morgan fingerprint density at radius 3 is 2.06 bits per heavy atom. The van der Waals surface area contributed by atoms with Crippen molar-refractivity contribution in [3.05, 3.63) is 60.4 Å². The van der Waals surface area contributed by atoms with Gasteiger partial charge in [0.25, 0.3) is 0 Å². The molecule has 6 nitrogen and oxygen atoms in total. The van der Waals surface area contributed by atoms with Crippen LogP contribution in [0.4, 0.5) is 0 Å². The van der Waals surface area contributed by atoms with Gasteiger partial charge in [-0.25, -0.2) is 18.6 Å². The third kappa shape index (κ3) is 7.66. The van der Waals surface area contributed by atoms with Crippen molar-refractivity contribution in [2.24, 2.45) is 0 Å². The van der Waals surface area contributed by atoms with Gasteiger partial charge in [-0.3, -0.25) is 0 Å². The van der Waals surface area contributed by atoms with Crippen LogP contribution in [0.25, 0.3) is 0 Å². The molecule has 1 heterocycles. The Morgan fingerprint density at radius 1 is 0.944 bits per heavy atom. The van der Waals surface area contributed by atoms with E-state index in [4.69, 9.17) is 18.6 Å². The van der Waals surface area contributed by atoms with Crippen molar-refractivity contribution in [2.45, 2.75) is 6.54 Å². The molecule has 7 heteroatoms. The van der Waals surface area contributed by atoms with E-state index in [1.807, 2.05) is 41.2 Å². The van der Waals surface area contributed by atoms with Gasteiger partial charge in [-0.15, -0.1) is 10.2 Å². The maximum absolute atomic E-state index is 8.49. The van der Waals surface area contributed by atoms with Crippen LogP contribution in [0.3, 0.4) is 0 Å². The van der Waals surface area contributed by atoms with Crippen molar-refractivity contribution in [1.29, 1.82) is 0 Å². The number of halogens is 1. The Bertz CT molecular complexity index is 404. The third-order valence-electron chi connectivity index (χ3n) is 1.86. The molecule has 0 saturated heterocycles. The molecule has 18 heavy (non-hydrogen) atoms. The van der Waals surface area contributed by atoms with Crippen LogP contribution in [-0.4, -0.2) is 5.10 Å². The van der Waals surface area contributed by atoms with E-state index in [1.165, 1.54) is 5.56 Å². The second-order valence-electron chi connectivity index (χ2n) is 3.26. The lowest BCUT2D eigenvalue weighted by Crippen LogP contribution is -2.68. The lowest BCUT2D eigenvalue weighted by atomic mass is 10.2. The fraction of sp³-hybridized carbons (Fsp3) is 0.0909. The zero-order valence-corrected chi connectivity index (χ0v) is 10.1. The first-order valence-electron chi connectivity index (χ1n) is 4.91. The summed E-state index contributed by atoms with van der Waals surface area (Å²) in [4.78, 5) is 0. The van der Waals surface area contributed by atoms with Crippen LogP contribution in [0.5, 0.6) is 0 Å². The highest BCUT2D eigenvalue weighted by atomic mass is 35.7. The van der Waals surface area contributed by atoms with Gasteiger partial charge in [0.1, 0.15) is 0 Å². The zero-order valence-electron chi connectivity index (χ0n) is 9.31. The third-order valence-corrected chi connectivity index (χ3v) is 1.86. The molecule has 0 fully saturated rings. The van der Waals surface area contributed by atoms with Crippen LogP contribution < -0.4 is 23.3 Å². The first kappa shape index (κ1) is 14.5. The van der Waals surface area contributed by atoms with Crippen LogP contribution in [0, 0.1) is 10.2 Å². The van der Waals surface area contributed by atoms with Gasteiger partial charge in [0, 0.05) is 11.6 Å². The number of nitrogens with zero attached hydrogens (tertiary/aromatic N) is 2. The second kappa shape index (κ2) is 7.00. The summed E-state index contributed by atoms with van der Waals surface area (Å²) in [6.45, 7) is 0.835. The molecule has 0 amide bonds. The van der Waals surface area contributed by atoms with Crippen molar-refractivity contribution in [3.8, 4) is 0 Å². The van der Waals surface area contributed by atoms with Crippen molar-refractivity contribution in [3.63, 3.8) is 0 Å².